The van der Waals surface area contributed by atoms with Gasteiger partial charge >= 0.3 is 6.01 Å². The van der Waals surface area contributed by atoms with Crippen LogP contribution in [0.25, 0.3) is 11.3 Å². The molecular weight excluding hydrogens is 252 g/mol. The van der Waals surface area contributed by atoms with E-state index in [-0.39, 0.29) is 11.6 Å². The molecule has 4 heteroatoms. The third-order valence-electron chi connectivity index (χ3n) is 2.75. The first-order chi connectivity index (χ1) is 9.81. The van der Waals surface area contributed by atoms with Gasteiger partial charge in [-0.2, -0.15) is 4.98 Å². The minimum atomic E-state index is -0.246. The van der Waals surface area contributed by atoms with Crippen molar-refractivity contribution in [3.05, 3.63) is 77.1 Å². The third kappa shape index (κ3) is 2.75. The Kier molecular flexibility index (Phi) is 3.29. The number of hydrogen-bond acceptors (Lipinski definition) is 3. The van der Waals surface area contributed by atoms with Crippen molar-refractivity contribution in [3.63, 3.8) is 0 Å². The Bertz CT molecular complexity index is 752. The molecule has 0 radical (unpaired) electrons. The van der Waals surface area contributed by atoms with Crippen molar-refractivity contribution in [1.29, 1.82) is 0 Å². The maximum absolute atomic E-state index is 11.7. The Balaban J connectivity index is 1.97. The molecule has 0 unspecified atom stereocenters. The van der Waals surface area contributed by atoms with E-state index in [0.717, 1.165) is 5.56 Å². The van der Waals surface area contributed by atoms with E-state index in [2.05, 4.69) is 9.97 Å². The Morgan fingerprint density at radius 1 is 0.900 bits per heavy atom. The Morgan fingerprint density at radius 2 is 1.55 bits per heavy atom. The summed E-state index contributed by atoms with van der Waals surface area (Å²) in [4.78, 5) is 18.6. The van der Waals surface area contributed by atoms with Gasteiger partial charge in [-0.15, -0.1) is 0 Å². The molecule has 0 atom stereocenters. The van der Waals surface area contributed by atoms with Crippen LogP contribution in [0.2, 0.25) is 0 Å². The molecule has 20 heavy (non-hydrogen) atoms. The second-order valence-corrected chi connectivity index (χ2v) is 4.22. The van der Waals surface area contributed by atoms with Gasteiger partial charge in [0.05, 0.1) is 5.69 Å². The van der Waals surface area contributed by atoms with Gasteiger partial charge in [0.25, 0.3) is 5.56 Å². The fraction of sp³-hybridized carbons (Fsp3) is 0. The first-order valence-corrected chi connectivity index (χ1v) is 6.21. The molecule has 3 aromatic rings. The maximum atomic E-state index is 11.7. The van der Waals surface area contributed by atoms with E-state index in [1.54, 1.807) is 12.1 Å². The van der Waals surface area contributed by atoms with Crippen molar-refractivity contribution < 1.29 is 4.74 Å². The second-order valence-electron chi connectivity index (χ2n) is 4.22. The van der Waals surface area contributed by atoms with Crippen LogP contribution in [0.3, 0.4) is 0 Å². The van der Waals surface area contributed by atoms with Crippen LogP contribution in [0.15, 0.2) is 71.5 Å². The molecule has 0 fully saturated rings. The van der Waals surface area contributed by atoms with E-state index in [0.29, 0.717) is 11.4 Å². The average molecular weight is 264 g/mol. The number of nitrogens with one attached hydrogen (secondary N) is 1. The van der Waals surface area contributed by atoms with Crippen LogP contribution >= 0.6 is 0 Å². The number of benzene rings is 2. The highest BCUT2D eigenvalue weighted by molar-refractivity contribution is 5.58. The SMILES string of the molecule is O=c1cc(-c2ccccc2)nc(Oc2ccccc2)[nH]1. The number of H-pyrrole nitrogens is 1. The molecule has 0 aliphatic heterocycles. The molecule has 0 bridgehead atoms. The highest BCUT2D eigenvalue weighted by Gasteiger charge is 2.05. The number of aromatic nitrogens is 2. The Labute approximate surface area is 115 Å². The highest BCUT2D eigenvalue weighted by atomic mass is 16.5. The molecule has 0 aliphatic carbocycles. The lowest BCUT2D eigenvalue weighted by Crippen LogP contribution is -2.08. The molecule has 98 valence electrons. The number of rotatable bonds is 3. The predicted molar refractivity (Wildman–Crippen MR) is 76.8 cm³/mol. The molecule has 1 heterocycles. The van der Waals surface area contributed by atoms with Crippen LogP contribution in [0, 0.1) is 0 Å². The number of para-hydroxylation sites is 1. The van der Waals surface area contributed by atoms with Crippen LogP contribution in [0.4, 0.5) is 0 Å². The topological polar surface area (TPSA) is 55.0 Å². The van der Waals surface area contributed by atoms with Crippen LogP contribution in [-0.4, -0.2) is 9.97 Å². The predicted octanol–water partition coefficient (Wildman–Crippen LogP) is 3.23. The fourth-order valence-electron chi connectivity index (χ4n) is 1.84. The van der Waals surface area contributed by atoms with Crippen molar-refractivity contribution >= 4 is 0 Å². The minimum absolute atomic E-state index is 0.183. The van der Waals surface area contributed by atoms with Crippen LogP contribution in [-0.2, 0) is 0 Å². The van der Waals surface area contributed by atoms with Gasteiger partial charge in [-0.25, -0.2) is 0 Å². The minimum Gasteiger partial charge on any atom is -0.426 e. The summed E-state index contributed by atoms with van der Waals surface area (Å²) in [6.07, 6.45) is 0. The summed E-state index contributed by atoms with van der Waals surface area (Å²) in [5.41, 5.74) is 1.21. The largest absolute Gasteiger partial charge is 0.426 e. The molecule has 0 saturated heterocycles. The molecular formula is C16H12N2O2. The van der Waals surface area contributed by atoms with Gasteiger partial charge in [-0.3, -0.25) is 9.78 Å². The maximum Gasteiger partial charge on any atom is 0.302 e. The molecule has 0 spiro atoms. The van der Waals surface area contributed by atoms with E-state index >= 15 is 0 Å². The summed E-state index contributed by atoms with van der Waals surface area (Å²) < 4.78 is 5.55. The van der Waals surface area contributed by atoms with Crippen molar-refractivity contribution in [2.24, 2.45) is 0 Å². The normalized spacial score (nSPS) is 10.2. The van der Waals surface area contributed by atoms with Crippen LogP contribution in [0.5, 0.6) is 11.8 Å². The molecule has 0 aliphatic rings. The zero-order chi connectivity index (χ0) is 13.8. The summed E-state index contributed by atoms with van der Waals surface area (Å²) in [6, 6.07) is 20.3. The number of nitrogens with zero attached hydrogens (tertiary/aromatic N) is 1. The average Bonchev–Trinajstić information content (AvgIpc) is 2.49. The Morgan fingerprint density at radius 3 is 2.25 bits per heavy atom. The molecule has 0 saturated carbocycles. The lowest BCUT2D eigenvalue weighted by atomic mass is 10.1. The van der Waals surface area contributed by atoms with Crippen molar-refractivity contribution in [1.82, 2.24) is 9.97 Å². The van der Waals surface area contributed by atoms with Gasteiger partial charge in [-0.1, -0.05) is 48.5 Å². The summed E-state index contributed by atoms with van der Waals surface area (Å²) in [5, 5.41) is 0. The summed E-state index contributed by atoms with van der Waals surface area (Å²) in [6.45, 7) is 0. The third-order valence-corrected chi connectivity index (χ3v) is 2.75. The second kappa shape index (κ2) is 5.40. The number of ether oxygens (including phenoxy) is 1. The molecule has 3 rings (SSSR count). The molecule has 1 N–H and O–H groups in total. The summed E-state index contributed by atoms with van der Waals surface area (Å²) in [7, 11) is 0. The van der Waals surface area contributed by atoms with Gasteiger partial charge in [0.15, 0.2) is 0 Å². The van der Waals surface area contributed by atoms with Crippen molar-refractivity contribution in [2.45, 2.75) is 0 Å². The summed E-state index contributed by atoms with van der Waals surface area (Å²) >= 11 is 0. The number of aromatic amines is 1. The smallest absolute Gasteiger partial charge is 0.302 e. The van der Waals surface area contributed by atoms with Gasteiger partial charge in [0, 0.05) is 11.6 Å². The van der Waals surface area contributed by atoms with Crippen molar-refractivity contribution in [2.75, 3.05) is 0 Å². The molecule has 2 aromatic carbocycles. The van der Waals surface area contributed by atoms with Crippen LogP contribution in [0.1, 0.15) is 0 Å². The van der Waals surface area contributed by atoms with E-state index in [1.165, 1.54) is 6.07 Å². The quantitative estimate of drug-likeness (QED) is 0.790. The van der Waals surface area contributed by atoms with Gasteiger partial charge < -0.3 is 4.74 Å². The molecule has 1 aromatic heterocycles. The number of hydrogen-bond donors (Lipinski definition) is 1. The highest BCUT2D eigenvalue weighted by Crippen LogP contribution is 2.19. The Hall–Kier alpha value is -2.88. The van der Waals surface area contributed by atoms with E-state index in [4.69, 9.17) is 4.74 Å². The van der Waals surface area contributed by atoms with Gasteiger partial charge in [0.2, 0.25) is 0 Å². The molecule has 0 amide bonds. The van der Waals surface area contributed by atoms with E-state index < -0.39 is 0 Å². The zero-order valence-corrected chi connectivity index (χ0v) is 10.6. The molecule has 4 nitrogen and oxygen atoms in total. The fourth-order valence-corrected chi connectivity index (χ4v) is 1.84. The van der Waals surface area contributed by atoms with Crippen LogP contribution < -0.4 is 10.3 Å². The zero-order valence-electron chi connectivity index (χ0n) is 10.6. The lowest BCUT2D eigenvalue weighted by Gasteiger charge is -2.06. The lowest BCUT2D eigenvalue weighted by molar-refractivity contribution is 0.441. The van der Waals surface area contributed by atoms with E-state index in [9.17, 15) is 4.79 Å². The van der Waals surface area contributed by atoms with Gasteiger partial charge in [0.1, 0.15) is 5.75 Å². The monoisotopic (exact) mass is 264 g/mol. The summed E-state index contributed by atoms with van der Waals surface area (Å²) in [5.74, 6) is 0.626. The first-order valence-electron chi connectivity index (χ1n) is 6.21. The van der Waals surface area contributed by atoms with Gasteiger partial charge in [-0.05, 0) is 12.1 Å². The standard InChI is InChI=1S/C16H12N2O2/c19-15-11-14(12-7-3-1-4-8-12)17-16(18-15)20-13-9-5-2-6-10-13/h1-11H,(H,17,18,19). The van der Waals surface area contributed by atoms with E-state index in [1.807, 2.05) is 48.5 Å². The van der Waals surface area contributed by atoms with Crippen molar-refractivity contribution in [3.8, 4) is 23.0 Å². The first kappa shape index (κ1) is 12.2.